The molecule has 0 fully saturated rings. The van der Waals surface area contributed by atoms with Gasteiger partial charge in [0.1, 0.15) is 6.61 Å². The van der Waals surface area contributed by atoms with E-state index in [1.807, 2.05) is 13.8 Å². The molecule has 6 heteroatoms. The van der Waals surface area contributed by atoms with Gasteiger partial charge in [-0.05, 0) is 38.9 Å². The lowest BCUT2D eigenvalue weighted by Gasteiger charge is -2.12. The molecule has 1 N–H and O–H groups in total. The lowest BCUT2D eigenvalue weighted by molar-refractivity contribution is -0.173. The SMILES string of the molecule is Cc1ccc(C(C)NCCCOCC(F)(F)F)s1. The van der Waals surface area contributed by atoms with Crippen LogP contribution in [0.1, 0.15) is 29.1 Å². The van der Waals surface area contributed by atoms with E-state index in [0.29, 0.717) is 13.0 Å². The second-order valence-electron chi connectivity index (χ2n) is 4.15. The molecule has 1 unspecified atom stereocenters. The maximum Gasteiger partial charge on any atom is 0.411 e. The first kappa shape index (κ1) is 15.5. The molecule has 104 valence electrons. The number of hydrogen-bond acceptors (Lipinski definition) is 3. The zero-order valence-electron chi connectivity index (χ0n) is 10.5. The second kappa shape index (κ2) is 7.11. The average molecular weight is 281 g/mol. The molecule has 1 aromatic heterocycles. The van der Waals surface area contributed by atoms with Crippen LogP contribution in [0.15, 0.2) is 12.1 Å². The summed E-state index contributed by atoms with van der Waals surface area (Å²) in [4.78, 5) is 2.50. The highest BCUT2D eigenvalue weighted by Gasteiger charge is 2.27. The van der Waals surface area contributed by atoms with Crippen LogP contribution >= 0.6 is 11.3 Å². The number of hydrogen-bond donors (Lipinski definition) is 1. The monoisotopic (exact) mass is 281 g/mol. The predicted octanol–water partition coefficient (Wildman–Crippen LogP) is 3.68. The van der Waals surface area contributed by atoms with E-state index in [1.54, 1.807) is 11.3 Å². The molecule has 0 spiro atoms. The Morgan fingerprint density at radius 3 is 2.67 bits per heavy atom. The highest BCUT2D eigenvalue weighted by Crippen LogP contribution is 2.22. The van der Waals surface area contributed by atoms with Crippen molar-refractivity contribution in [2.75, 3.05) is 19.8 Å². The fourth-order valence-electron chi connectivity index (χ4n) is 1.47. The van der Waals surface area contributed by atoms with Gasteiger partial charge in [-0.25, -0.2) is 0 Å². The minimum Gasteiger partial charge on any atom is -0.372 e. The molecule has 0 saturated heterocycles. The molecule has 1 rings (SSSR count). The minimum atomic E-state index is -4.23. The van der Waals surface area contributed by atoms with Crippen LogP contribution < -0.4 is 5.32 Å². The molecule has 0 aliphatic rings. The number of alkyl halides is 3. The number of aryl methyl sites for hydroxylation is 1. The van der Waals surface area contributed by atoms with Crippen LogP contribution in [0.5, 0.6) is 0 Å². The van der Waals surface area contributed by atoms with Crippen LogP contribution in [0.25, 0.3) is 0 Å². The summed E-state index contributed by atoms with van der Waals surface area (Å²) in [5.74, 6) is 0. The van der Waals surface area contributed by atoms with Crippen molar-refractivity contribution < 1.29 is 17.9 Å². The highest BCUT2D eigenvalue weighted by molar-refractivity contribution is 7.12. The Kier molecular flexibility index (Phi) is 6.11. The zero-order valence-corrected chi connectivity index (χ0v) is 11.3. The van der Waals surface area contributed by atoms with Crippen molar-refractivity contribution in [3.05, 3.63) is 21.9 Å². The number of nitrogens with one attached hydrogen (secondary N) is 1. The fourth-order valence-corrected chi connectivity index (χ4v) is 2.37. The van der Waals surface area contributed by atoms with Crippen molar-refractivity contribution in [2.45, 2.75) is 32.5 Å². The van der Waals surface area contributed by atoms with E-state index in [1.165, 1.54) is 9.75 Å². The van der Waals surface area contributed by atoms with E-state index in [0.717, 1.165) is 0 Å². The van der Waals surface area contributed by atoms with Crippen molar-refractivity contribution in [3.8, 4) is 0 Å². The molecule has 0 aromatic carbocycles. The van der Waals surface area contributed by atoms with Crippen LogP contribution in [0.3, 0.4) is 0 Å². The molecule has 1 atom stereocenters. The summed E-state index contributed by atoms with van der Waals surface area (Å²) in [6, 6.07) is 4.36. The van der Waals surface area contributed by atoms with Gasteiger partial charge in [0.15, 0.2) is 0 Å². The maximum absolute atomic E-state index is 11.8. The van der Waals surface area contributed by atoms with Gasteiger partial charge in [-0.15, -0.1) is 11.3 Å². The number of ether oxygens (including phenoxy) is 1. The molecule has 0 saturated carbocycles. The van der Waals surface area contributed by atoms with Crippen LogP contribution in [-0.4, -0.2) is 25.9 Å². The van der Waals surface area contributed by atoms with E-state index >= 15 is 0 Å². The third-order valence-corrected chi connectivity index (χ3v) is 3.55. The first-order chi connectivity index (χ1) is 8.38. The molecule has 0 aliphatic carbocycles. The number of rotatable bonds is 7. The van der Waals surface area contributed by atoms with Gasteiger partial charge in [-0.3, -0.25) is 0 Å². The van der Waals surface area contributed by atoms with E-state index in [4.69, 9.17) is 0 Å². The van der Waals surface area contributed by atoms with Crippen molar-refractivity contribution >= 4 is 11.3 Å². The average Bonchev–Trinajstić information content (AvgIpc) is 2.68. The molecule has 0 amide bonds. The summed E-state index contributed by atoms with van der Waals surface area (Å²) in [5, 5.41) is 3.26. The predicted molar refractivity (Wildman–Crippen MR) is 67.0 cm³/mol. The topological polar surface area (TPSA) is 21.3 Å². The number of halogens is 3. The van der Waals surface area contributed by atoms with Crippen molar-refractivity contribution in [2.24, 2.45) is 0 Å². The minimum absolute atomic E-state index is 0.128. The Morgan fingerprint density at radius 1 is 1.39 bits per heavy atom. The summed E-state index contributed by atoms with van der Waals surface area (Å²) in [6.45, 7) is 3.71. The summed E-state index contributed by atoms with van der Waals surface area (Å²) in [5.41, 5.74) is 0. The van der Waals surface area contributed by atoms with E-state index in [9.17, 15) is 13.2 Å². The Labute approximate surface area is 109 Å². The van der Waals surface area contributed by atoms with Gasteiger partial charge in [-0.1, -0.05) is 0 Å². The second-order valence-corrected chi connectivity index (χ2v) is 5.47. The van der Waals surface area contributed by atoms with Gasteiger partial charge in [0.2, 0.25) is 0 Å². The Morgan fingerprint density at radius 2 is 2.11 bits per heavy atom. The third kappa shape index (κ3) is 6.37. The van der Waals surface area contributed by atoms with Gasteiger partial charge in [-0.2, -0.15) is 13.2 Å². The molecule has 18 heavy (non-hydrogen) atoms. The molecule has 2 nitrogen and oxygen atoms in total. The van der Waals surface area contributed by atoms with E-state index in [2.05, 4.69) is 22.2 Å². The Bertz CT molecular complexity index is 351. The third-order valence-electron chi connectivity index (χ3n) is 2.37. The largest absolute Gasteiger partial charge is 0.411 e. The first-order valence-corrected chi connectivity index (χ1v) is 6.64. The van der Waals surface area contributed by atoms with Crippen molar-refractivity contribution in [3.63, 3.8) is 0 Å². The van der Waals surface area contributed by atoms with Crippen molar-refractivity contribution in [1.29, 1.82) is 0 Å². The summed E-state index contributed by atoms with van der Waals surface area (Å²) >= 11 is 1.72. The van der Waals surface area contributed by atoms with E-state index < -0.39 is 12.8 Å². The standard InChI is InChI=1S/C12H18F3NOS/c1-9-4-5-11(18-9)10(2)16-6-3-7-17-8-12(13,14)15/h4-5,10,16H,3,6-8H2,1-2H3. The lowest BCUT2D eigenvalue weighted by Crippen LogP contribution is -2.22. The quantitative estimate of drug-likeness (QED) is 0.770. The molecule has 0 bridgehead atoms. The first-order valence-electron chi connectivity index (χ1n) is 5.83. The molecule has 0 aliphatic heterocycles. The summed E-state index contributed by atoms with van der Waals surface area (Å²) in [6.07, 6.45) is -3.65. The summed E-state index contributed by atoms with van der Waals surface area (Å²) in [7, 11) is 0. The van der Waals surface area contributed by atoms with Gasteiger partial charge in [0.05, 0.1) is 0 Å². The van der Waals surface area contributed by atoms with E-state index in [-0.39, 0.29) is 12.6 Å². The van der Waals surface area contributed by atoms with Crippen LogP contribution in [0, 0.1) is 6.92 Å². The van der Waals surface area contributed by atoms with Gasteiger partial charge in [0.25, 0.3) is 0 Å². The molecule has 0 radical (unpaired) electrons. The van der Waals surface area contributed by atoms with Gasteiger partial charge >= 0.3 is 6.18 Å². The highest BCUT2D eigenvalue weighted by atomic mass is 32.1. The zero-order chi connectivity index (χ0) is 13.6. The van der Waals surface area contributed by atoms with Gasteiger partial charge < -0.3 is 10.1 Å². The Hall–Kier alpha value is -0.590. The maximum atomic E-state index is 11.8. The fraction of sp³-hybridized carbons (Fsp3) is 0.667. The molecule has 1 aromatic rings. The molecule has 1 heterocycles. The normalized spacial score (nSPS) is 13.8. The molecular weight excluding hydrogens is 263 g/mol. The van der Waals surface area contributed by atoms with Crippen molar-refractivity contribution in [1.82, 2.24) is 5.32 Å². The van der Waals surface area contributed by atoms with Crippen LogP contribution in [0.2, 0.25) is 0 Å². The lowest BCUT2D eigenvalue weighted by atomic mass is 10.2. The summed E-state index contributed by atoms with van der Waals surface area (Å²) < 4.78 is 39.9. The molecular formula is C12H18F3NOS. The van der Waals surface area contributed by atoms with Gasteiger partial charge in [0, 0.05) is 22.4 Å². The smallest absolute Gasteiger partial charge is 0.372 e. The Balaban J connectivity index is 2.08. The number of thiophene rings is 1. The van der Waals surface area contributed by atoms with Crippen LogP contribution in [-0.2, 0) is 4.74 Å². The van der Waals surface area contributed by atoms with Crippen LogP contribution in [0.4, 0.5) is 13.2 Å².